The van der Waals surface area contributed by atoms with Gasteiger partial charge in [0, 0.05) is 19.0 Å². The summed E-state index contributed by atoms with van der Waals surface area (Å²) in [6.45, 7) is 6.53. The molecule has 0 saturated heterocycles. The molecule has 1 aliphatic heterocycles. The van der Waals surface area contributed by atoms with Crippen LogP contribution in [0, 0.1) is 11.5 Å². The van der Waals surface area contributed by atoms with Crippen LogP contribution in [0.5, 0.6) is 5.75 Å². The van der Waals surface area contributed by atoms with Crippen LogP contribution in [0.2, 0.25) is 19.6 Å². The first kappa shape index (κ1) is 23.3. The minimum Gasteiger partial charge on any atom is -0.489 e. The Morgan fingerprint density at radius 1 is 1.24 bits per heavy atom. The number of H-pyrrole nitrogens is 1. The molecule has 4 rings (SSSR count). The summed E-state index contributed by atoms with van der Waals surface area (Å²) >= 11 is 0. The molecule has 2 heterocycles. The number of carbonyl (C=O) groups is 2. The van der Waals surface area contributed by atoms with Crippen molar-refractivity contribution in [2.75, 3.05) is 18.6 Å². The van der Waals surface area contributed by atoms with Gasteiger partial charge in [0.05, 0.1) is 5.69 Å². The number of nitrogens with one attached hydrogen (secondary N) is 2. The van der Waals surface area contributed by atoms with Crippen LogP contribution in [-0.2, 0) is 11.2 Å². The molecule has 2 N–H and O–H groups in total. The van der Waals surface area contributed by atoms with Gasteiger partial charge in [-0.05, 0) is 23.8 Å². The van der Waals surface area contributed by atoms with Crippen LogP contribution >= 0.6 is 0 Å². The Balaban J connectivity index is 1.46. The number of fused-ring (bicyclic) bond motifs is 1. The average molecular weight is 474 g/mol. The lowest BCUT2D eigenvalue weighted by Crippen LogP contribution is -2.49. The molecule has 0 bridgehead atoms. The van der Waals surface area contributed by atoms with Crippen molar-refractivity contribution in [2.45, 2.75) is 32.1 Å². The van der Waals surface area contributed by atoms with Crippen molar-refractivity contribution in [1.29, 1.82) is 0 Å². The third-order valence-corrected chi connectivity index (χ3v) is 6.07. The van der Waals surface area contributed by atoms with Gasteiger partial charge in [-0.15, -0.1) is 10.6 Å². The van der Waals surface area contributed by atoms with E-state index in [1.165, 1.54) is 4.90 Å². The van der Waals surface area contributed by atoms with Crippen molar-refractivity contribution in [2.24, 2.45) is 0 Å². The maximum absolute atomic E-state index is 13.1. The molecule has 1 aromatic heterocycles. The number of aromatic amines is 1. The predicted octanol–water partition coefficient (Wildman–Crippen LogP) is 2.78. The summed E-state index contributed by atoms with van der Waals surface area (Å²) in [6.07, 6.45) is 0.521. The van der Waals surface area contributed by atoms with E-state index in [9.17, 15) is 9.59 Å². The Morgan fingerprint density at radius 2 is 2.00 bits per heavy atom. The average Bonchev–Trinajstić information content (AvgIpc) is 3.24. The molecular formula is C25H27N5O3Si. The second kappa shape index (κ2) is 9.53. The second-order valence-electron chi connectivity index (χ2n) is 9.18. The maximum atomic E-state index is 13.1. The molecule has 9 heteroatoms. The normalized spacial score (nSPS) is 15.5. The lowest BCUT2D eigenvalue weighted by molar-refractivity contribution is -0.120. The van der Waals surface area contributed by atoms with E-state index >= 15 is 0 Å². The molecule has 3 aromatic rings. The zero-order valence-electron chi connectivity index (χ0n) is 19.7. The largest absolute Gasteiger partial charge is 0.489 e. The summed E-state index contributed by atoms with van der Waals surface area (Å²) < 4.78 is 5.86. The van der Waals surface area contributed by atoms with E-state index < -0.39 is 20.0 Å². The molecule has 1 aliphatic rings. The molecule has 1 atom stereocenters. The summed E-state index contributed by atoms with van der Waals surface area (Å²) in [6, 6.07) is 14.4. The van der Waals surface area contributed by atoms with Crippen LogP contribution in [0.25, 0.3) is 0 Å². The van der Waals surface area contributed by atoms with E-state index in [0.717, 1.165) is 11.1 Å². The molecule has 0 radical (unpaired) electrons. The second-order valence-corrected chi connectivity index (χ2v) is 13.9. The first-order valence-electron chi connectivity index (χ1n) is 11.0. The van der Waals surface area contributed by atoms with Crippen molar-refractivity contribution in [3.8, 4) is 17.2 Å². The van der Waals surface area contributed by atoms with Crippen LogP contribution in [0.15, 0.2) is 48.5 Å². The fourth-order valence-electron chi connectivity index (χ4n) is 3.43. The van der Waals surface area contributed by atoms with Crippen molar-refractivity contribution in [1.82, 2.24) is 20.5 Å². The molecule has 34 heavy (non-hydrogen) atoms. The molecule has 8 nitrogen and oxygen atoms in total. The highest BCUT2D eigenvalue weighted by atomic mass is 28.3. The molecule has 0 aliphatic carbocycles. The zero-order valence-corrected chi connectivity index (χ0v) is 20.7. The Labute approximate surface area is 199 Å². The van der Waals surface area contributed by atoms with Gasteiger partial charge in [-0.1, -0.05) is 55.9 Å². The molecule has 174 valence electrons. The number of hydrogen-bond acceptors (Lipinski definition) is 5. The summed E-state index contributed by atoms with van der Waals surface area (Å²) in [5.41, 5.74) is 5.81. The first-order chi connectivity index (χ1) is 16.2. The number of benzene rings is 2. The number of ether oxygens (including phenoxy) is 1. The highest BCUT2D eigenvalue weighted by molar-refractivity contribution is 6.83. The van der Waals surface area contributed by atoms with Gasteiger partial charge in [-0.3, -0.25) is 14.7 Å². The number of anilines is 1. The molecule has 0 spiro atoms. The molecule has 0 saturated carbocycles. The van der Waals surface area contributed by atoms with E-state index in [0.29, 0.717) is 23.7 Å². The van der Waals surface area contributed by atoms with Crippen LogP contribution in [-0.4, -0.2) is 54.8 Å². The Kier molecular flexibility index (Phi) is 6.52. The fourth-order valence-corrected chi connectivity index (χ4v) is 3.95. The number of nitrogens with zero attached hydrogens (tertiary/aromatic N) is 3. The van der Waals surface area contributed by atoms with Crippen molar-refractivity contribution < 1.29 is 14.3 Å². The predicted molar refractivity (Wildman–Crippen MR) is 132 cm³/mol. The van der Waals surface area contributed by atoms with Gasteiger partial charge in [0.25, 0.3) is 11.8 Å². The van der Waals surface area contributed by atoms with Gasteiger partial charge in [0.1, 0.15) is 32.3 Å². The van der Waals surface area contributed by atoms with Gasteiger partial charge < -0.3 is 15.0 Å². The quantitative estimate of drug-likeness (QED) is 0.448. The summed E-state index contributed by atoms with van der Waals surface area (Å²) in [7, 11) is 0.129. The third-order valence-electron chi connectivity index (χ3n) is 5.19. The molecule has 0 unspecified atom stereocenters. The van der Waals surface area contributed by atoms with Crippen LogP contribution in [0.4, 0.5) is 5.69 Å². The van der Waals surface area contributed by atoms with Gasteiger partial charge in [-0.25, -0.2) is 4.98 Å². The van der Waals surface area contributed by atoms with Crippen molar-refractivity contribution >= 4 is 25.6 Å². The van der Waals surface area contributed by atoms with E-state index in [1.54, 1.807) is 7.05 Å². The van der Waals surface area contributed by atoms with Gasteiger partial charge in [-0.2, -0.15) is 0 Å². The number of hydrogen-bond donors (Lipinski definition) is 2. The maximum Gasteiger partial charge on any atom is 0.291 e. The lowest BCUT2D eigenvalue weighted by Gasteiger charge is -2.20. The number of aromatic nitrogens is 3. The number of carbonyl (C=O) groups excluding carboxylic acids is 2. The highest BCUT2D eigenvalue weighted by Crippen LogP contribution is 2.31. The summed E-state index contributed by atoms with van der Waals surface area (Å²) in [4.78, 5) is 31.6. The van der Waals surface area contributed by atoms with E-state index in [1.807, 2.05) is 48.5 Å². The topological polar surface area (TPSA) is 100 Å². The number of amides is 2. The smallest absolute Gasteiger partial charge is 0.291 e. The fraction of sp³-hybridized carbons (Fsp3) is 0.280. The van der Waals surface area contributed by atoms with E-state index in [2.05, 4.69) is 51.6 Å². The molecular weight excluding hydrogens is 446 g/mol. The van der Waals surface area contributed by atoms with E-state index in [4.69, 9.17) is 4.74 Å². The third kappa shape index (κ3) is 5.53. The van der Waals surface area contributed by atoms with Gasteiger partial charge in [0.2, 0.25) is 5.82 Å². The minimum atomic E-state index is -1.53. The number of likely N-dealkylation sites (N-methyl/N-ethyl adjacent to an activating group) is 1. The standard InChI is InChI=1S/C25H27N5O3Si/c1-30-20-14-18(12-13-34(2,3)4)10-11-21(20)33-16-19(25(30)32)26-24(31)23-27-22(28-29-23)15-17-8-6-5-7-9-17/h5-11,14,19H,15-16H2,1-4H3,(H,26,31)(H,27,28,29)/t19-/m1/s1. The summed E-state index contributed by atoms with van der Waals surface area (Å²) in [5.74, 6) is 3.48. The van der Waals surface area contributed by atoms with Gasteiger partial charge in [0.15, 0.2) is 0 Å². The SMILES string of the molecule is CN1C(=O)[C@H](NC(=O)c2n[nH]c(Cc3ccccc3)n2)COc2ccc(C#C[Si](C)(C)C)cc21. The number of rotatable bonds is 4. The molecule has 2 aromatic carbocycles. The Bertz CT molecular complexity index is 1270. The zero-order chi connectivity index (χ0) is 24.3. The Morgan fingerprint density at radius 3 is 2.74 bits per heavy atom. The van der Waals surface area contributed by atoms with Crippen LogP contribution in [0.3, 0.4) is 0 Å². The molecule has 0 fully saturated rings. The van der Waals surface area contributed by atoms with Crippen LogP contribution in [0.1, 0.15) is 27.6 Å². The van der Waals surface area contributed by atoms with E-state index in [-0.39, 0.29) is 18.3 Å². The lowest BCUT2D eigenvalue weighted by atomic mass is 10.1. The Hall–Kier alpha value is -3.90. The van der Waals surface area contributed by atoms with Crippen LogP contribution < -0.4 is 15.0 Å². The highest BCUT2D eigenvalue weighted by Gasteiger charge is 2.31. The monoisotopic (exact) mass is 473 g/mol. The van der Waals surface area contributed by atoms with Gasteiger partial charge >= 0.3 is 0 Å². The van der Waals surface area contributed by atoms with Crippen molar-refractivity contribution in [3.63, 3.8) is 0 Å². The van der Waals surface area contributed by atoms with Crippen molar-refractivity contribution in [3.05, 3.63) is 71.3 Å². The summed E-state index contributed by atoms with van der Waals surface area (Å²) in [5, 5.41) is 9.50. The minimum absolute atomic E-state index is 0.00311. The molecule has 2 amide bonds. The first-order valence-corrected chi connectivity index (χ1v) is 14.5.